The molecule has 20 heavy (non-hydrogen) atoms. The topological polar surface area (TPSA) is 35.2 Å². The first kappa shape index (κ1) is 14.6. The first-order valence-electron chi connectivity index (χ1n) is 6.92. The Balaban J connectivity index is 2.38. The molecule has 2 aromatic rings. The van der Waals surface area contributed by atoms with Crippen LogP contribution in [-0.4, -0.2) is 7.11 Å². The molecular weight excluding hydrogens is 246 g/mol. The van der Waals surface area contributed by atoms with Gasteiger partial charge in [0.15, 0.2) is 0 Å². The Labute approximate surface area is 121 Å². The number of aryl methyl sites for hydroxylation is 2. The Morgan fingerprint density at radius 3 is 2.45 bits per heavy atom. The zero-order valence-electron chi connectivity index (χ0n) is 12.7. The largest absolute Gasteiger partial charge is 0.496 e. The number of ether oxygens (including phenoxy) is 1. The third-order valence-electron chi connectivity index (χ3n) is 3.75. The molecule has 0 spiro atoms. The predicted molar refractivity (Wildman–Crippen MR) is 84.2 cm³/mol. The van der Waals surface area contributed by atoms with Crippen molar-refractivity contribution in [3.05, 3.63) is 64.7 Å². The minimum atomic E-state index is -0.410. The van der Waals surface area contributed by atoms with Crippen LogP contribution in [0.15, 0.2) is 42.5 Å². The summed E-state index contributed by atoms with van der Waals surface area (Å²) >= 11 is 0. The zero-order valence-corrected chi connectivity index (χ0v) is 12.7. The molecule has 0 amide bonds. The molecule has 0 bridgehead atoms. The molecule has 106 valence electrons. The van der Waals surface area contributed by atoms with Crippen molar-refractivity contribution in [1.29, 1.82) is 0 Å². The lowest BCUT2D eigenvalue weighted by atomic mass is 9.83. The van der Waals surface area contributed by atoms with E-state index in [1.54, 1.807) is 7.11 Å². The summed E-state index contributed by atoms with van der Waals surface area (Å²) in [7, 11) is 1.70. The summed E-state index contributed by atoms with van der Waals surface area (Å²) in [6, 6.07) is 14.5. The Bertz CT molecular complexity index is 602. The van der Waals surface area contributed by atoms with E-state index in [4.69, 9.17) is 10.5 Å². The average molecular weight is 269 g/mol. The van der Waals surface area contributed by atoms with Crippen LogP contribution in [0.25, 0.3) is 0 Å². The normalized spacial score (nSPS) is 13.8. The monoisotopic (exact) mass is 269 g/mol. The number of hydrogen-bond acceptors (Lipinski definition) is 2. The van der Waals surface area contributed by atoms with Crippen molar-refractivity contribution < 1.29 is 4.74 Å². The first-order chi connectivity index (χ1) is 9.44. The van der Waals surface area contributed by atoms with Gasteiger partial charge in [0.05, 0.1) is 7.11 Å². The highest BCUT2D eigenvalue weighted by molar-refractivity contribution is 5.41. The van der Waals surface area contributed by atoms with Crippen molar-refractivity contribution in [1.82, 2.24) is 0 Å². The van der Waals surface area contributed by atoms with Gasteiger partial charge < -0.3 is 10.5 Å². The van der Waals surface area contributed by atoms with Gasteiger partial charge in [-0.25, -0.2) is 0 Å². The summed E-state index contributed by atoms with van der Waals surface area (Å²) in [5.41, 5.74) is 11.0. The maximum atomic E-state index is 6.59. The van der Waals surface area contributed by atoms with Crippen molar-refractivity contribution in [3.8, 4) is 5.75 Å². The number of nitrogens with two attached hydrogens (primary N) is 1. The van der Waals surface area contributed by atoms with Gasteiger partial charge in [0.25, 0.3) is 0 Å². The van der Waals surface area contributed by atoms with Crippen molar-refractivity contribution in [2.45, 2.75) is 32.7 Å². The van der Waals surface area contributed by atoms with Gasteiger partial charge in [-0.3, -0.25) is 0 Å². The lowest BCUT2D eigenvalue weighted by Gasteiger charge is -2.28. The Hall–Kier alpha value is -1.80. The summed E-state index contributed by atoms with van der Waals surface area (Å²) in [4.78, 5) is 0. The smallest absolute Gasteiger partial charge is 0.122 e. The molecule has 0 aromatic heterocycles. The molecule has 0 fully saturated rings. The quantitative estimate of drug-likeness (QED) is 0.918. The van der Waals surface area contributed by atoms with E-state index in [0.717, 1.165) is 17.7 Å². The van der Waals surface area contributed by atoms with E-state index in [-0.39, 0.29) is 0 Å². The fourth-order valence-electron chi connectivity index (χ4n) is 2.75. The first-order valence-corrected chi connectivity index (χ1v) is 6.92. The molecule has 1 atom stereocenters. The van der Waals surface area contributed by atoms with Gasteiger partial charge in [0.2, 0.25) is 0 Å². The van der Waals surface area contributed by atoms with Gasteiger partial charge in [-0.05, 0) is 49.9 Å². The van der Waals surface area contributed by atoms with Crippen molar-refractivity contribution >= 4 is 0 Å². The van der Waals surface area contributed by atoms with E-state index in [0.29, 0.717) is 0 Å². The summed E-state index contributed by atoms with van der Waals surface area (Å²) in [5, 5.41) is 0. The molecule has 0 aliphatic rings. The summed E-state index contributed by atoms with van der Waals surface area (Å²) < 4.78 is 5.46. The average Bonchev–Trinajstić information content (AvgIpc) is 2.39. The van der Waals surface area contributed by atoms with Gasteiger partial charge in [0.1, 0.15) is 5.75 Å². The van der Waals surface area contributed by atoms with Gasteiger partial charge in [-0.1, -0.05) is 42.0 Å². The van der Waals surface area contributed by atoms with Gasteiger partial charge in [0, 0.05) is 5.54 Å². The zero-order chi connectivity index (χ0) is 14.8. The second-order valence-electron chi connectivity index (χ2n) is 5.72. The van der Waals surface area contributed by atoms with E-state index in [2.05, 4.69) is 45.0 Å². The van der Waals surface area contributed by atoms with E-state index >= 15 is 0 Å². The highest BCUT2D eigenvalue weighted by atomic mass is 16.5. The standard InChI is InChI=1S/C18H23NO/c1-13-9-10-17(20-4)15(11-13)12-18(3,19)16-8-6-5-7-14(16)2/h5-11H,12,19H2,1-4H3. The molecule has 2 nitrogen and oxygen atoms in total. The second kappa shape index (κ2) is 5.68. The van der Waals surface area contributed by atoms with Gasteiger partial charge in [-0.15, -0.1) is 0 Å². The van der Waals surface area contributed by atoms with E-state index in [1.165, 1.54) is 16.7 Å². The van der Waals surface area contributed by atoms with Crippen LogP contribution in [0.3, 0.4) is 0 Å². The maximum Gasteiger partial charge on any atom is 0.122 e. The highest BCUT2D eigenvalue weighted by Crippen LogP contribution is 2.30. The van der Waals surface area contributed by atoms with Crippen molar-refractivity contribution in [2.75, 3.05) is 7.11 Å². The molecule has 1 unspecified atom stereocenters. The Morgan fingerprint density at radius 1 is 1.10 bits per heavy atom. The van der Waals surface area contributed by atoms with Crippen molar-refractivity contribution in [3.63, 3.8) is 0 Å². The summed E-state index contributed by atoms with van der Waals surface area (Å²) in [6.07, 6.45) is 0.753. The third kappa shape index (κ3) is 3.02. The molecule has 0 heterocycles. The SMILES string of the molecule is COc1ccc(C)cc1CC(C)(N)c1ccccc1C. The molecule has 0 saturated heterocycles. The molecule has 2 rings (SSSR count). The number of benzene rings is 2. The fraction of sp³-hybridized carbons (Fsp3) is 0.333. The van der Waals surface area contributed by atoms with Crippen LogP contribution in [0.1, 0.15) is 29.2 Å². The Morgan fingerprint density at radius 2 is 1.80 bits per heavy atom. The van der Waals surface area contributed by atoms with Crippen LogP contribution >= 0.6 is 0 Å². The summed E-state index contributed by atoms with van der Waals surface area (Å²) in [6.45, 7) is 6.27. The molecular formula is C18H23NO. The lowest BCUT2D eigenvalue weighted by Crippen LogP contribution is -2.36. The number of methoxy groups -OCH3 is 1. The molecule has 2 heteroatoms. The minimum Gasteiger partial charge on any atom is -0.496 e. The van der Waals surface area contributed by atoms with Crippen LogP contribution in [0.2, 0.25) is 0 Å². The molecule has 2 N–H and O–H groups in total. The van der Waals surface area contributed by atoms with E-state index in [1.807, 2.05) is 18.2 Å². The summed E-state index contributed by atoms with van der Waals surface area (Å²) in [5.74, 6) is 0.904. The van der Waals surface area contributed by atoms with Crippen molar-refractivity contribution in [2.24, 2.45) is 5.73 Å². The number of hydrogen-bond donors (Lipinski definition) is 1. The Kier molecular flexibility index (Phi) is 4.15. The highest BCUT2D eigenvalue weighted by Gasteiger charge is 2.24. The van der Waals surface area contributed by atoms with Crippen LogP contribution in [0.4, 0.5) is 0 Å². The van der Waals surface area contributed by atoms with Gasteiger partial charge >= 0.3 is 0 Å². The van der Waals surface area contributed by atoms with E-state index < -0.39 is 5.54 Å². The van der Waals surface area contributed by atoms with Crippen LogP contribution in [0.5, 0.6) is 5.75 Å². The predicted octanol–water partition coefficient (Wildman–Crippen LogP) is 3.73. The molecule has 2 aromatic carbocycles. The minimum absolute atomic E-state index is 0.410. The lowest BCUT2D eigenvalue weighted by molar-refractivity contribution is 0.399. The molecule has 0 radical (unpaired) electrons. The second-order valence-corrected chi connectivity index (χ2v) is 5.72. The third-order valence-corrected chi connectivity index (χ3v) is 3.75. The van der Waals surface area contributed by atoms with Crippen LogP contribution in [-0.2, 0) is 12.0 Å². The van der Waals surface area contributed by atoms with Crippen LogP contribution < -0.4 is 10.5 Å². The van der Waals surface area contributed by atoms with E-state index in [9.17, 15) is 0 Å². The molecule has 0 aliphatic heterocycles. The number of rotatable bonds is 4. The van der Waals surface area contributed by atoms with Gasteiger partial charge in [-0.2, -0.15) is 0 Å². The molecule has 0 saturated carbocycles. The fourth-order valence-corrected chi connectivity index (χ4v) is 2.75. The van der Waals surface area contributed by atoms with Crippen LogP contribution in [0, 0.1) is 13.8 Å². The molecule has 0 aliphatic carbocycles. The maximum absolute atomic E-state index is 6.59.